The van der Waals surface area contributed by atoms with Crippen molar-refractivity contribution in [3.63, 3.8) is 0 Å². The van der Waals surface area contributed by atoms with Crippen LogP contribution in [0.5, 0.6) is 0 Å². The van der Waals surface area contributed by atoms with Crippen LogP contribution >= 0.6 is 11.6 Å². The predicted molar refractivity (Wildman–Crippen MR) is 106 cm³/mol. The van der Waals surface area contributed by atoms with E-state index in [0.717, 1.165) is 60.8 Å². The highest BCUT2D eigenvalue weighted by atomic mass is 35.5. The van der Waals surface area contributed by atoms with Crippen molar-refractivity contribution in [3.05, 3.63) is 35.0 Å². The smallest absolute Gasteiger partial charge is 0.191 e. The van der Waals surface area contributed by atoms with E-state index in [1.807, 2.05) is 24.4 Å². The van der Waals surface area contributed by atoms with E-state index in [0.29, 0.717) is 6.61 Å². The van der Waals surface area contributed by atoms with E-state index in [2.05, 4.69) is 20.6 Å². The summed E-state index contributed by atoms with van der Waals surface area (Å²) in [5.41, 5.74) is 2.32. The maximum Gasteiger partial charge on any atom is 0.191 e. The summed E-state index contributed by atoms with van der Waals surface area (Å²) >= 11 is 6.11. The van der Waals surface area contributed by atoms with Crippen molar-refractivity contribution in [1.29, 1.82) is 0 Å². The summed E-state index contributed by atoms with van der Waals surface area (Å²) in [5, 5.41) is 18.0. The van der Waals surface area contributed by atoms with Gasteiger partial charge >= 0.3 is 0 Å². The lowest BCUT2D eigenvalue weighted by molar-refractivity contribution is 0.127. The summed E-state index contributed by atoms with van der Waals surface area (Å²) < 4.78 is 5.53. The van der Waals surface area contributed by atoms with Crippen molar-refractivity contribution < 1.29 is 9.84 Å². The van der Waals surface area contributed by atoms with Gasteiger partial charge in [0, 0.05) is 60.9 Å². The first-order chi connectivity index (χ1) is 12.7. The average molecular weight is 379 g/mol. The molecule has 1 aliphatic heterocycles. The van der Waals surface area contributed by atoms with Crippen LogP contribution in [-0.4, -0.2) is 56.0 Å². The minimum atomic E-state index is -0.0000403. The van der Waals surface area contributed by atoms with E-state index in [9.17, 15) is 5.11 Å². The third-order valence-corrected chi connectivity index (χ3v) is 5.33. The molecule has 3 rings (SSSR count). The van der Waals surface area contributed by atoms with Crippen LogP contribution in [0, 0.1) is 5.41 Å². The molecule has 2 heterocycles. The SMILES string of the molecule is CN=C(NCCc1c[nH]c2ccc(Cl)cc12)NCC1(CCO)CCOC1. The van der Waals surface area contributed by atoms with Gasteiger partial charge in [-0.25, -0.2) is 0 Å². The van der Waals surface area contributed by atoms with Crippen LogP contribution < -0.4 is 10.6 Å². The molecule has 4 N–H and O–H groups in total. The van der Waals surface area contributed by atoms with Gasteiger partial charge in [0.2, 0.25) is 0 Å². The average Bonchev–Trinajstić information content (AvgIpc) is 3.26. The standard InChI is InChI=1S/C19H27ClN4O2/c1-21-18(24-12-19(5-8-25)6-9-26-13-19)22-7-4-14-11-23-17-3-2-15(20)10-16(14)17/h2-3,10-11,23,25H,4-9,12-13H2,1H3,(H2,21,22,24). The van der Waals surface area contributed by atoms with Crippen LogP contribution in [0.25, 0.3) is 10.9 Å². The Balaban J connectivity index is 1.51. The number of aliphatic imine (C=N–C) groups is 1. The number of aliphatic hydroxyl groups excluding tert-OH is 1. The normalized spacial score (nSPS) is 20.7. The number of aromatic amines is 1. The molecule has 1 atom stereocenters. The molecule has 1 aromatic carbocycles. The van der Waals surface area contributed by atoms with Crippen molar-refractivity contribution >= 4 is 28.5 Å². The molecule has 0 amide bonds. The van der Waals surface area contributed by atoms with Gasteiger partial charge in [0.25, 0.3) is 0 Å². The number of H-pyrrole nitrogens is 1. The van der Waals surface area contributed by atoms with Gasteiger partial charge < -0.3 is 25.5 Å². The van der Waals surface area contributed by atoms with E-state index in [1.165, 1.54) is 5.56 Å². The molecule has 26 heavy (non-hydrogen) atoms. The van der Waals surface area contributed by atoms with Crippen LogP contribution in [0.1, 0.15) is 18.4 Å². The molecule has 1 aromatic heterocycles. The number of ether oxygens (including phenoxy) is 1. The summed E-state index contributed by atoms with van der Waals surface area (Å²) in [4.78, 5) is 7.58. The number of aromatic nitrogens is 1. The number of fused-ring (bicyclic) bond motifs is 1. The molecule has 0 bridgehead atoms. The molecule has 2 aromatic rings. The van der Waals surface area contributed by atoms with Crippen molar-refractivity contribution in [2.75, 3.05) is 40.0 Å². The summed E-state index contributed by atoms with van der Waals surface area (Å²) in [6.45, 7) is 3.14. The Kier molecular flexibility index (Phi) is 6.40. The molecule has 0 saturated carbocycles. The second-order valence-electron chi connectivity index (χ2n) is 6.88. The third kappa shape index (κ3) is 4.50. The molecule has 0 spiro atoms. The number of nitrogens with zero attached hydrogens (tertiary/aromatic N) is 1. The van der Waals surface area contributed by atoms with Crippen LogP contribution in [-0.2, 0) is 11.2 Å². The van der Waals surface area contributed by atoms with Crippen LogP contribution in [0.2, 0.25) is 5.02 Å². The van der Waals surface area contributed by atoms with E-state index < -0.39 is 0 Å². The van der Waals surface area contributed by atoms with Crippen molar-refractivity contribution in [1.82, 2.24) is 15.6 Å². The van der Waals surface area contributed by atoms with E-state index in [1.54, 1.807) is 7.05 Å². The lowest BCUT2D eigenvalue weighted by Gasteiger charge is -2.27. The maximum atomic E-state index is 9.33. The second-order valence-corrected chi connectivity index (χ2v) is 7.32. The predicted octanol–water partition coefficient (Wildman–Crippen LogP) is 2.32. The van der Waals surface area contributed by atoms with Crippen LogP contribution in [0.3, 0.4) is 0 Å². The minimum absolute atomic E-state index is 0.0000403. The Morgan fingerprint density at radius 2 is 2.31 bits per heavy atom. The summed E-state index contributed by atoms with van der Waals surface area (Å²) in [5.74, 6) is 0.770. The highest BCUT2D eigenvalue weighted by Gasteiger charge is 2.34. The van der Waals surface area contributed by atoms with E-state index in [-0.39, 0.29) is 12.0 Å². The monoisotopic (exact) mass is 378 g/mol. The topological polar surface area (TPSA) is 81.7 Å². The maximum absolute atomic E-state index is 9.33. The first-order valence-electron chi connectivity index (χ1n) is 9.04. The summed E-state index contributed by atoms with van der Waals surface area (Å²) in [6.07, 6.45) is 4.61. The number of aliphatic hydroxyl groups is 1. The summed E-state index contributed by atoms with van der Waals surface area (Å²) in [6, 6.07) is 5.89. The van der Waals surface area contributed by atoms with Gasteiger partial charge in [-0.15, -0.1) is 0 Å². The Morgan fingerprint density at radius 3 is 3.04 bits per heavy atom. The minimum Gasteiger partial charge on any atom is -0.396 e. The van der Waals surface area contributed by atoms with E-state index in [4.69, 9.17) is 16.3 Å². The molecule has 7 heteroatoms. The number of nitrogens with one attached hydrogen (secondary N) is 3. The van der Waals surface area contributed by atoms with Gasteiger partial charge in [0.05, 0.1) is 6.61 Å². The zero-order valence-electron chi connectivity index (χ0n) is 15.1. The number of halogens is 1. The molecule has 1 unspecified atom stereocenters. The first kappa shape index (κ1) is 19.0. The fourth-order valence-electron chi connectivity index (χ4n) is 3.48. The van der Waals surface area contributed by atoms with Crippen molar-refractivity contribution in [2.24, 2.45) is 10.4 Å². The molecule has 1 saturated heterocycles. The van der Waals surface area contributed by atoms with Gasteiger partial charge in [-0.3, -0.25) is 4.99 Å². The van der Waals surface area contributed by atoms with Crippen molar-refractivity contribution in [2.45, 2.75) is 19.3 Å². The first-order valence-corrected chi connectivity index (χ1v) is 9.42. The van der Waals surface area contributed by atoms with Crippen molar-refractivity contribution in [3.8, 4) is 0 Å². The third-order valence-electron chi connectivity index (χ3n) is 5.10. The number of hydrogen-bond donors (Lipinski definition) is 4. The number of rotatable bonds is 7. The van der Waals surface area contributed by atoms with Gasteiger partial charge in [-0.2, -0.15) is 0 Å². The van der Waals surface area contributed by atoms with Crippen LogP contribution in [0.4, 0.5) is 0 Å². The Bertz CT molecular complexity index is 753. The van der Waals surface area contributed by atoms with Gasteiger partial charge in [0.15, 0.2) is 5.96 Å². The quantitative estimate of drug-likeness (QED) is 0.440. The zero-order valence-corrected chi connectivity index (χ0v) is 15.9. The van der Waals surface area contributed by atoms with Gasteiger partial charge in [-0.05, 0) is 43.0 Å². The van der Waals surface area contributed by atoms with Gasteiger partial charge in [0.1, 0.15) is 0 Å². The highest BCUT2D eigenvalue weighted by molar-refractivity contribution is 6.31. The fraction of sp³-hybridized carbons (Fsp3) is 0.526. The lowest BCUT2D eigenvalue weighted by Crippen LogP contribution is -2.45. The van der Waals surface area contributed by atoms with Crippen LogP contribution in [0.15, 0.2) is 29.4 Å². The number of guanidine groups is 1. The zero-order chi connectivity index (χ0) is 18.4. The molecule has 1 fully saturated rings. The second kappa shape index (κ2) is 8.75. The molecular formula is C19H27ClN4O2. The molecular weight excluding hydrogens is 352 g/mol. The molecule has 142 valence electrons. The Labute approximate surface area is 159 Å². The summed E-state index contributed by atoms with van der Waals surface area (Å²) in [7, 11) is 1.77. The highest BCUT2D eigenvalue weighted by Crippen LogP contribution is 2.31. The largest absolute Gasteiger partial charge is 0.396 e. The molecule has 1 aliphatic rings. The Hall–Kier alpha value is -1.76. The van der Waals surface area contributed by atoms with E-state index >= 15 is 0 Å². The number of benzene rings is 1. The molecule has 0 radical (unpaired) electrons. The number of hydrogen-bond acceptors (Lipinski definition) is 3. The molecule has 6 nitrogen and oxygen atoms in total. The lowest BCUT2D eigenvalue weighted by atomic mass is 9.84. The molecule has 0 aliphatic carbocycles. The van der Waals surface area contributed by atoms with Gasteiger partial charge in [-0.1, -0.05) is 11.6 Å². The Morgan fingerprint density at radius 1 is 1.42 bits per heavy atom. The fourth-order valence-corrected chi connectivity index (χ4v) is 3.65.